The number of rotatable bonds is 3. The Labute approximate surface area is 158 Å². The Kier molecular flexibility index (Phi) is 4.63. The van der Waals surface area contributed by atoms with Crippen molar-refractivity contribution in [2.45, 2.75) is 31.8 Å². The van der Waals surface area contributed by atoms with E-state index in [1.807, 2.05) is 24.3 Å². The van der Waals surface area contributed by atoms with Crippen LogP contribution in [0.25, 0.3) is 10.9 Å². The molecule has 1 aromatic heterocycles. The minimum Gasteiger partial charge on any atom is -0.481 e. The fourth-order valence-electron chi connectivity index (χ4n) is 4.64. The van der Waals surface area contributed by atoms with Crippen molar-refractivity contribution in [3.05, 3.63) is 41.0 Å². The molecule has 3 heterocycles. The van der Waals surface area contributed by atoms with Crippen molar-refractivity contribution in [1.82, 2.24) is 14.8 Å². The van der Waals surface area contributed by atoms with Crippen molar-refractivity contribution < 1.29 is 9.90 Å². The van der Waals surface area contributed by atoms with Gasteiger partial charge in [-0.1, -0.05) is 17.7 Å². The molecule has 26 heavy (non-hydrogen) atoms. The van der Waals surface area contributed by atoms with Gasteiger partial charge in [-0.25, -0.2) is 0 Å². The number of halogens is 1. The monoisotopic (exact) mass is 373 g/mol. The first-order valence-electron chi connectivity index (χ1n) is 9.19. The number of hydrogen-bond acceptors (Lipinski definition) is 4. The molecule has 0 amide bonds. The molecule has 138 valence electrons. The Morgan fingerprint density at radius 1 is 1.31 bits per heavy atom. The van der Waals surface area contributed by atoms with Crippen LogP contribution in [-0.4, -0.2) is 58.6 Å². The number of carboxylic acid groups (broad SMARTS) is 1. The minimum atomic E-state index is -0.630. The van der Waals surface area contributed by atoms with Gasteiger partial charge in [-0.15, -0.1) is 0 Å². The first kappa shape index (κ1) is 17.7. The molecule has 0 saturated carbocycles. The lowest BCUT2D eigenvalue weighted by Gasteiger charge is -2.51. The number of pyridine rings is 1. The van der Waals surface area contributed by atoms with Gasteiger partial charge < -0.3 is 10.0 Å². The Morgan fingerprint density at radius 2 is 2.15 bits per heavy atom. The normalized spacial score (nSPS) is 27.4. The lowest BCUT2D eigenvalue weighted by atomic mass is 9.68. The van der Waals surface area contributed by atoms with Crippen molar-refractivity contribution >= 4 is 28.5 Å². The molecule has 2 aliphatic heterocycles. The summed E-state index contributed by atoms with van der Waals surface area (Å²) in [5.74, 6) is -0.630. The Morgan fingerprint density at radius 3 is 2.96 bits per heavy atom. The number of fused-ring (bicyclic) bond motifs is 2. The summed E-state index contributed by atoms with van der Waals surface area (Å²) in [6, 6.07) is 9.90. The van der Waals surface area contributed by atoms with Gasteiger partial charge in [0.05, 0.1) is 16.6 Å². The van der Waals surface area contributed by atoms with Crippen LogP contribution >= 0.6 is 11.6 Å². The van der Waals surface area contributed by atoms with Gasteiger partial charge in [-0.05, 0) is 63.7 Å². The number of hydrogen-bond donors (Lipinski definition) is 1. The third-order valence-electron chi connectivity index (χ3n) is 6.13. The van der Waals surface area contributed by atoms with Crippen molar-refractivity contribution in [2.24, 2.45) is 5.41 Å². The summed E-state index contributed by atoms with van der Waals surface area (Å²) in [7, 11) is 2.06. The molecule has 2 fully saturated rings. The van der Waals surface area contributed by atoms with Gasteiger partial charge in [0.25, 0.3) is 0 Å². The van der Waals surface area contributed by atoms with E-state index in [9.17, 15) is 9.90 Å². The summed E-state index contributed by atoms with van der Waals surface area (Å²) in [6.07, 6.45) is 2.47. The highest BCUT2D eigenvalue weighted by Gasteiger charge is 2.52. The van der Waals surface area contributed by atoms with Crippen molar-refractivity contribution in [3.63, 3.8) is 0 Å². The second kappa shape index (κ2) is 6.80. The van der Waals surface area contributed by atoms with Gasteiger partial charge in [0.2, 0.25) is 0 Å². The van der Waals surface area contributed by atoms with E-state index in [4.69, 9.17) is 16.6 Å². The molecular weight excluding hydrogens is 350 g/mol. The molecule has 5 nitrogen and oxygen atoms in total. The van der Waals surface area contributed by atoms with Crippen LogP contribution in [0, 0.1) is 5.41 Å². The molecule has 4 rings (SSSR count). The van der Waals surface area contributed by atoms with E-state index in [0.29, 0.717) is 11.4 Å². The van der Waals surface area contributed by atoms with Crippen LogP contribution in [0.4, 0.5) is 0 Å². The lowest BCUT2D eigenvalue weighted by molar-refractivity contribution is -0.162. The highest BCUT2D eigenvalue weighted by atomic mass is 35.5. The minimum absolute atomic E-state index is 0.0711. The highest BCUT2D eigenvalue weighted by Crippen LogP contribution is 2.42. The number of likely N-dealkylation sites (N-methyl/N-ethyl adjacent to an activating group) is 1. The Bertz CT molecular complexity index is 843. The lowest BCUT2D eigenvalue weighted by Crippen LogP contribution is -2.62. The number of carbonyl (C=O) groups is 1. The van der Waals surface area contributed by atoms with Crippen LogP contribution in [0.3, 0.4) is 0 Å². The first-order valence-corrected chi connectivity index (χ1v) is 9.57. The number of likely N-dealkylation sites (tertiary alicyclic amines) is 2. The van der Waals surface area contributed by atoms with E-state index in [1.54, 1.807) is 0 Å². The second-order valence-corrected chi connectivity index (χ2v) is 8.12. The maximum absolute atomic E-state index is 12.0. The number of piperidine rings is 2. The molecule has 1 aromatic carbocycles. The van der Waals surface area contributed by atoms with E-state index in [1.165, 1.54) is 0 Å². The molecule has 2 aliphatic rings. The highest BCUT2D eigenvalue weighted by molar-refractivity contribution is 6.31. The third kappa shape index (κ3) is 3.08. The summed E-state index contributed by atoms with van der Waals surface area (Å²) < 4.78 is 0. The van der Waals surface area contributed by atoms with Crippen LogP contribution in [0.2, 0.25) is 5.02 Å². The zero-order valence-corrected chi connectivity index (χ0v) is 15.7. The van der Waals surface area contributed by atoms with Gasteiger partial charge in [-0.3, -0.25) is 14.7 Å². The number of aliphatic carboxylic acids is 1. The summed E-state index contributed by atoms with van der Waals surface area (Å²) in [5.41, 5.74) is 1.37. The smallest absolute Gasteiger partial charge is 0.311 e. The number of benzene rings is 1. The van der Waals surface area contributed by atoms with Gasteiger partial charge in [0, 0.05) is 29.5 Å². The average molecular weight is 374 g/mol. The van der Waals surface area contributed by atoms with Gasteiger partial charge >= 0.3 is 5.97 Å². The molecule has 0 radical (unpaired) electrons. The van der Waals surface area contributed by atoms with Crippen LogP contribution in [-0.2, 0) is 11.3 Å². The van der Waals surface area contributed by atoms with E-state index >= 15 is 0 Å². The summed E-state index contributed by atoms with van der Waals surface area (Å²) in [5, 5.41) is 11.6. The fourth-order valence-corrected chi connectivity index (χ4v) is 4.82. The zero-order valence-electron chi connectivity index (χ0n) is 15.0. The SMILES string of the molecule is CN1CCC[C@]2(C(=O)O)CCN(Cc3ccc4cc(Cl)ccc4n3)C[C@@H]12. The van der Waals surface area contributed by atoms with Gasteiger partial charge in [-0.2, -0.15) is 0 Å². The number of carboxylic acids is 1. The van der Waals surface area contributed by atoms with Crippen molar-refractivity contribution in [2.75, 3.05) is 26.7 Å². The van der Waals surface area contributed by atoms with Crippen LogP contribution in [0.1, 0.15) is 25.0 Å². The fraction of sp³-hybridized carbons (Fsp3) is 0.500. The molecule has 6 heteroatoms. The van der Waals surface area contributed by atoms with Crippen LogP contribution in [0.15, 0.2) is 30.3 Å². The standard InChI is InChI=1S/C20H24ClN3O2/c1-23-9-2-7-20(19(25)26)8-10-24(13-18(20)23)12-16-5-3-14-11-15(21)4-6-17(14)22-16/h3-6,11,18H,2,7-10,12-13H2,1H3,(H,25,26)/t18-,20+/m1/s1. The largest absolute Gasteiger partial charge is 0.481 e. The maximum Gasteiger partial charge on any atom is 0.311 e. The molecule has 0 aliphatic carbocycles. The quantitative estimate of drug-likeness (QED) is 0.894. The molecule has 2 atom stereocenters. The van der Waals surface area contributed by atoms with Gasteiger partial charge in [0.1, 0.15) is 0 Å². The number of aromatic nitrogens is 1. The van der Waals surface area contributed by atoms with Crippen molar-refractivity contribution in [3.8, 4) is 0 Å². The summed E-state index contributed by atoms with van der Waals surface area (Å²) in [4.78, 5) is 21.4. The predicted octanol–water partition coefficient (Wildman–Crippen LogP) is 3.26. The molecule has 0 spiro atoms. The average Bonchev–Trinajstić information content (AvgIpc) is 2.62. The van der Waals surface area contributed by atoms with E-state index in [-0.39, 0.29) is 6.04 Å². The molecule has 0 bridgehead atoms. The Balaban J connectivity index is 1.53. The predicted molar refractivity (Wildman–Crippen MR) is 102 cm³/mol. The molecule has 2 aromatic rings. The first-order chi connectivity index (χ1) is 12.5. The van der Waals surface area contributed by atoms with E-state index in [2.05, 4.69) is 22.9 Å². The van der Waals surface area contributed by atoms with Gasteiger partial charge in [0.15, 0.2) is 0 Å². The zero-order chi connectivity index (χ0) is 18.3. The van der Waals surface area contributed by atoms with Crippen LogP contribution < -0.4 is 0 Å². The maximum atomic E-state index is 12.0. The van der Waals surface area contributed by atoms with Crippen LogP contribution in [0.5, 0.6) is 0 Å². The second-order valence-electron chi connectivity index (χ2n) is 7.69. The summed E-state index contributed by atoms with van der Waals surface area (Å²) >= 11 is 6.04. The van der Waals surface area contributed by atoms with E-state index in [0.717, 1.165) is 55.6 Å². The van der Waals surface area contributed by atoms with E-state index < -0.39 is 11.4 Å². The summed E-state index contributed by atoms with van der Waals surface area (Å²) in [6.45, 7) is 3.31. The number of nitrogens with zero attached hydrogens (tertiary/aromatic N) is 3. The molecular formula is C20H24ClN3O2. The molecule has 0 unspecified atom stereocenters. The topological polar surface area (TPSA) is 56.7 Å². The molecule has 2 saturated heterocycles. The Hall–Kier alpha value is -1.69. The van der Waals surface area contributed by atoms with Crippen molar-refractivity contribution in [1.29, 1.82) is 0 Å². The third-order valence-corrected chi connectivity index (χ3v) is 6.36. The molecule has 1 N–H and O–H groups in total.